The van der Waals surface area contributed by atoms with E-state index >= 15 is 0 Å². The van der Waals surface area contributed by atoms with Crippen LogP contribution in [-0.4, -0.2) is 35.7 Å². The van der Waals surface area contributed by atoms with E-state index in [0.717, 1.165) is 9.13 Å². The lowest BCUT2D eigenvalue weighted by Crippen LogP contribution is -2.57. The number of aliphatic carboxylic acids is 1. The standard InChI is InChI=1S/C14H16INO4/c15-11-4-2-1-3-10(11)9-12(17)16-14(13(18)19)5-7-20-8-6-14/h1-4H,5-9H2,(H,16,17)(H,18,19). The molecule has 0 radical (unpaired) electrons. The van der Waals surface area contributed by atoms with Crippen molar-refractivity contribution in [2.75, 3.05) is 13.2 Å². The molecular formula is C14H16INO4. The van der Waals surface area contributed by atoms with E-state index in [4.69, 9.17) is 4.74 Å². The number of carbonyl (C=O) groups is 2. The minimum Gasteiger partial charge on any atom is -0.480 e. The third-order valence-corrected chi connectivity index (χ3v) is 4.50. The fraction of sp³-hybridized carbons (Fsp3) is 0.429. The molecule has 0 spiro atoms. The second-order valence-corrected chi connectivity index (χ2v) is 5.98. The predicted octanol–water partition coefficient (Wildman–Crippen LogP) is 1.58. The van der Waals surface area contributed by atoms with Crippen molar-refractivity contribution in [3.05, 3.63) is 33.4 Å². The minimum absolute atomic E-state index is 0.189. The Morgan fingerprint density at radius 1 is 1.30 bits per heavy atom. The van der Waals surface area contributed by atoms with Gasteiger partial charge in [0.2, 0.25) is 5.91 Å². The van der Waals surface area contributed by atoms with Crippen LogP contribution >= 0.6 is 22.6 Å². The minimum atomic E-state index is -1.18. The fourth-order valence-electron chi connectivity index (χ4n) is 2.24. The van der Waals surface area contributed by atoms with Crippen LogP contribution in [-0.2, 0) is 20.7 Å². The Morgan fingerprint density at radius 2 is 1.95 bits per heavy atom. The molecule has 0 bridgehead atoms. The van der Waals surface area contributed by atoms with Crippen molar-refractivity contribution in [1.82, 2.24) is 5.32 Å². The van der Waals surface area contributed by atoms with Gasteiger partial charge in [0.15, 0.2) is 0 Å². The van der Waals surface area contributed by atoms with E-state index in [1.165, 1.54) is 0 Å². The van der Waals surface area contributed by atoms with E-state index in [1.807, 2.05) is 24.3 Å². The maximum Gasteiger partial charge on any atom is 0.329 e. The van der Waals surface area contributed by atoms with Crippen molar-refractivity contribution in [3.63, 3.8) is 0 Å². The predicted molar refractivity (Wildman–Crippen MR) is 81.4 cm³/mol. The lowest BCUT2D eigenvalue weighted by atomic mass is 9.90. The highest BCUT2D eigenvalue weighted by Gasteiger charge is 2.41. The summed E-state index contributed by atoms with van der Waals surface area (Å²) in [5.74, 6) is -1.25. The quantitative estimate of drug-likeness (QED) is 0.767. The normalized spacial score (nSPS) is 17.4. The van der Waals surface area contributed by atoms with E-state index < -0.39 is 11.5 Å². The molecule has 1 saturated heterocycles. The molecule has 5 nitrogen and oxygen atoms in total. The molecule has 1 heterocycles. The number of carboxylic acid groups (broad SMARTS) is 1. The molecular weight excluding hydrogens is 373 g/mol. The smallest absolute Gasteiger partial charge is 0.329 e. The first-order valence-corrected chi connectivity index (χ1v) is 7.47. The zero-order chi connectivity index (χ0) is 14.6. The van der Waals surface area contributed by atoms with Gasteiger partial charge < -0.3 is 15.2 Å². The van der Waals surface area contributed by atoms with Gasteiger partial charge in [0, 0.05) is 29.6 Å². The molecule has 0 saturated carbocycles. The Bertz CT molecular complexity index is 512. The summed E-state index contributed by atoms with van der Waals surface area (Å²) in [5.41, 5.74) is -0.284. The first kappa shape index (κ1) is 15.2. The van der Waals surface area contributed by atoms with Gasteiger partial charge in [-0.25, -0.2) is 4.79 Å². The van der Waals surface area contributed by atoms with E-state index in [1.54, 1.807) is 0 Å². The number of amides is 1. The lowest BCUT2D eigenvalue weighted by Gasteiger charge is -2.33. The Labute approximate surface area is 130 Å². The van der Waals surface area contributed by atoms with Gasteiger partial charge in [0.25, 0.3) is 0 Å². The number of rotatable bonds is 4. The molecule has 1 aliphatic rings. The molecule has 6 heteroatoms. The average molecular weight is 389 g/mol. The van der Waals surface area contributed by atoms with Crippen molar-refractivity contribution in [2.45, 2.75) is 24.8 Å². The summed E-state index contributed by atoms with van der Waals surface area (Å²) in [4.78, 5) is 23.6. The zero-order valence-corrected chi connectivity index (χ0v) is 13.1. The molecule has 0 aromatic heterocycles. The highest BCUT2D eigenvalue weighted by atomic mass is 127. The topological polar surface area (TPSA) is 75.6 Å². The molecule has 1 fully saturated rings. The second-order valence-electron chi connectivity index (χ2n) is 4.82. The third kappa shape index (κ3) is 3.49. The number of nitrogens with one attached hydrogen (secondary N) is 1. The van der Waals surface area contributed by atoms with Gasteiger partial charge in [-0.3, -0.25) is 4.79 Å². The van der Waals surface area contributed by atoms with E-state index in [0.29, 0.717) is 26.1 Å². The monoisotopic (exact) mass is 389 g/mol. The Kier molecular flexibility index (Phi) is 4.98. The highest BCUT2D eigenvalue weighted by Crippen LogP contribution is 2.21. The number of hydrogen-bond acceptors (Lipinski definition) is 3. The van der Waals surface area contributed by atoms with Gasteiger partial charge >= 0.3 is 5.97 Å². The van der Waals surface area contributed by atoms with Crippen LogP contribution < -0.4 is 5.32 Å². The van der Waals surface area contributed by atoms with Gasteiger partial charge in [0.05, 0.1) is 6.42 Å². The van der Waals surface area contributed by atoms with Crippen molar-refractivity contribution < 1.29 is 19.4 Å². The Morgan fingerprint density at radius 3 is 2.55 bits per heavy atom. The average Bonchev–Trinajstić information content (AvgIpc) is 2.42. The molecule has 1 amide bonds. The van der Waals surface area contributed by atoms with Crippen molar-refractivity contribution in [3.8, 4) is 0 Å². The van der Waals surface area contributed by atoms with Crippen LogP contribution in [0.4, 0.5) is 0 Å². The molecule has 1 aromatic rings. The number of hydrogen-bond donors (Lipinski definition) is 2. The number of benzene rings is 1. The van der Waals surface area contributed by atoms with Gasteiger partial charge in [0.1, 0.15) is 5.54 Å². The van der Waals surface area contributed by atoms with Gasteiger partial charge in [-0.15, -0.1) is 0 Å². The fourth-order valence-corrected chi connectivity index (χ4v) is 2.82. The molecule has 108 valence electrons. The summed E-state index contributed by atoms with van der Waals surface area (Å²) in [7, 11) is 0. The van der Waals surface area contributed by atoms with Crippen LogP contribution in [0.5, 0.6) is 0 Å². The van der Waals surface area contributed by atoms with Crippen LogP contribution in [0.15, 0.2) is 24.3 Å². The van der Waals surface area contributed by atoms with Crippen LogP contribution in [0.1, 0.15) is 18.4 Å². The number of ether oxygens (including phenoxy) is 1. The van der Waals surface area contributed by atoms with Gasteiger partial charge in [-0.1, -0.05) is 18.2 Å². The third-order valence-electron chi connectivity index (χ3n) is 3.44. The van der Waals surface area contributed by atoms with Crippen molar-refractivity contribution >= 4 is 34.5 Å². The molecule has 0 atom stereocenters. The first-order valence-electron chi connectivity index (χ1n) is 6.39. The highest BCUT2D eigenvalue weighted by molar-refractivity contribution is 14.1. The second kappa shape index (κ2) is 6.53. The van der Waals surface area contributed by atoms with Crippen molar-refractivity contribution in [1.29, 1.82) is 0 Å². The summed E-state index contributed by atoms with van der Waals surface area (Å²) in [6.07, 6.45) is 0.801. The summed E-state index contributed by atoms with van der Waals surface area (Å²) in [6, 6.07) is 7.57. The van der Waals surface area contributed by atoms with Crippen molar-refractivity contribution in [2.24, 2.45) is 0 Å². The van der Waals surface area contributed by atoms with Gasteiger partial charge in [-0.2, -0.15) is 0 Å². The van der Waals surface area contributed by atoms with Crippen LogP contribution in [0.25, 0.3) is 0 Å². The SMILES string of the molecule is O=C(Cc1ccccc1I)NC1(C(=O)O)CCOCC1. The van der Waals surface area contributed by atoms with E-state index in [-0.39, 0.29) is 12.3 Å². The maximum atomic E-state index is 12.1. The molecule has 0 unspecified atom stereocenters. The molecule has 0 aliphatic carbocycles. The number of halogens is 1. The van der Waals surface area contributed by atoms with Crippen LogP contribution in [0.3, 0.4) is 0 Å². The summed E-state index contributed by atoms with van der Waals surface area (Å²) >= 11 is 2.17. The number of carboxylic acids is 1. The summed E-state index contributed by atoms with van der Waals surface area (Å²) < 4.78 is 6.17. The molecule has 1 aliphatic heterocycles. The van der Waals surface area contributed by atoms with E-state index in [2.05, 4.69) is 27.9 Å². The summed E-state index contributed by atoms with van der Waals surface area (Å²) in [5, 5.41) is 12.1. The number of carbonyl (C=O) groups excluding carboxylic acids is 1. The molecule has 20 heavy (non-hydrogen) atoms. The Hall–Kier alpha value is -1.15. The van der Waals surface area contributed by atoms with E-state index in [9.17, 15) is 14.7 Å². The lowest BCUT2D eigenvalue weighted by molar-refractivity contribution is -0.152. The molecule has 2 rings (SSSR count). The van der Waals surface area contributed by atoms with Crippen LogP contribution in [0, 0.1) is 3.57 Å². The summed E-state index contributed by atoms with van der Waals surface area (Å²) in [6.45, 7) is 0.713. The van der Waals surface area contributed by atoms with Gasteiger partial charge in [-0.05, 0) is 34.2 Å². The molecule has 2 N–H and O–H groups in total. The largest absolute Gasteiger partial charge is 0.480 e. The maximum absolute atomic E-state index is 12.1. The Balaban J connectivity index is 2.06. The zero-order valence-electron chi connectivity index (χ0n) is 10.9. The first-order chi connectivity index (χ1) is 9.53. The molecule has 1 aromatic carbocycles. The van der Waals surface area contributed by atoms with Crippen LogP contribution in [0.2, 0.25) is 0 Å².